The Balaban J connectivity index is 0.000000875. The van der Waals surface area contributed by atoms with Gasteiger partial charge >= 0.3 is 18.1 Å². The van der Waals surface area contributed by atoms with Crippen molar-refractivity contribution >= 4 is 35.4 Å². The van der Waals surface area contributed by atoms with Crippen LogP contribution in [0.3, 0.4) is 0 Å². The molecule has 0 aliphatic rings. The molecule has 0 radical (unpaired) electrons. The summed E-state index contributed by atoms with van der Waals surface area (Å²) >= 11 is 0. The largest absolute Gasteiger partial charge is 0.480 e. The van der Waals surface area contributed by atoms with E-state index in [0.717, 1.165) is 19.4 Å². The van der Waals surface area contributed by atoms with Gasteiger partial charge in [-0.1, -0.05) is 19.4 Å². The summed E-state index contributed by atoms with van der Waals surface area (Å²) in [5.74, 6) is -4.69. The summed E-state index contributed by atoms with van der Waals surface area (Å²) in [7, 11) is 0. The van der Waals surface area contributed by atoms with Crippen molar-refractivity contribution in [2.24, 2.45) is 4.99 Å². The molecule has 0 saturated carbocycles. The molecule has 1 rings (SSSR count). The number of nitro groups is 2. The van der Waals surface area contributed by atoms with Crippen molar-refractivity contribution in [3.63, 3.8) is 0 Å². The molecule has 2 unspecified atom stereocenters. The number of non-ortho nitro benzene ring substituents is 1. The predicted octanol–water partition coefficient (Wildman–Crippen LogP) is 3.60. The van der Waals surface area contributed by atoms with Gasteiger partial charge in [0, 0.05) is 30.0 Å². The Morgan fingerprint density at radius 1 is 1.16 bits per heavy atom. The highest BCUT2D eigenvalue weighted by Gasteiger charge is 2.41. The third-order valence-electron chi connectivity index (χ3n) is 4.63. The molecule has 2 amide bonds. The SMILES string of the molecule is C/C=C(/CC(NC(=O)C(F)(F)F)C(=O)NC(C)C(=O)O)N=CCCC.Cc1ccc([N+](=O)[O-])cc1[N+](=O)[O-]. The van der Waals surface area contributed by atoms with E-state index in [2.05, 4.69) is 4.99 Å². The fourth-order valence-electron chi connectivity index (χ4n) is 2.50. The minimum Gasteiger partial charge on any atom is -0.480 e. The summed E-state index contributed by atoms with van der Waals surface area (Å²) in [5, 5.41) is 33.0. The van der Waals surface area contributed by atoms with Gasteiger partial charge in [-0.2, -0.15) is 13.2 Å². The number of rotatable bonds is 11. The van der Waals surface area contributed by atoms with Crippen molar-refractivity contribution in [3.05, 3.63) is 55.8 Å². The van der Waals surface area contributed by atoms with Crippen LogP contribution in [0.15, 0.2) is 35.0 Å². The second kappa shape index (κ2) is 15.7. The number of nitrogens with zero attached hydrogens (tertiary/aromatic N) is 3. The fraction of sp³-hybridized carbons (Fsp3) is 0.455. The Kier molecular flexibility index (Phi) is 13.9. The number of aliphatic carboxylic acids is 1. The van der Waals surface area contributed by atoms with E-state index in [1.807, 2.05) is 12.2 Å². The minimum absolute atomic E-state index is 0.228. The van der Waals surface area contributed by atoms with Crippen molar-refractivity contribution in [2.75, 3.05) is 0 Å². The van der Waals surface area contributed by atoms with Gasteiger partial charge in [-0.25, -0.2) is 0 Å². The van der Waals surface area contributed by atoms with Crippen LogP contribution in [-0.4, -0.2) is 57.2 Å². The Bertz CT molecular complexity index is 1090. The first-order valence-corrected chi connectivity index (χ1v) is 11.0. The maximum Gasteiger partial charge on any atom is 0.471 e. The standard InChI is InChI=1S/C15H22F3N3O4.C7H6N2O4/c1-4-6-7-19-10(5-2)8-11(21-14(25)15(16,17)18)12(22)20-9(3)13(23)24;1-5-2-3-6(8(10)11)4-7(5)9(12)13/h5,7,9,11H,4,6,8H2,1-3H3,(H,20,22)(H,21,25)(H,23,24);2-4H,1H3/b10-5-,19-7?;. The number of aryl methyl sites for hydroxylation is 1. The van der Waals surface area contributed by atoms with Gasteiger partial charge < -0.3 is 15.7 Å². The topological polar surface area (TPSA) is 194 Å². The Labute approximate surface area is 215 Å². The number of allylic oxidation sites excluding steroid dienone is 1. The fourth-order valence-corrected chi connectivity index (χ4v) is 2.50. The molecule has 13 nitrogen and oxygen atoms in total. The lowest BCUT2D eigenvalue weighted by Crippen LogP contribution is -2.53. The zero-order chi connectivity index (χ0) is 29.6. The Hall–Kier alpha value is -4.37. The number of nitrogens with one attached hydrogen (secondary N) is 2. The third kappa shape index (κ3) is 12.0. The van der Waals surface area contributed by atoms with Gasteiger partial charge in [-0.3, -0.25) is 39.6 Å². The van der Waals surface area contributed by atoms with Gasteiger partial charge in [0.25, 0.3) is 11.4 Å². The van der Waals surface area contributed by atoms with Gasteiger partial charge in [-0.15, -0.1) is 0 Å². The second-order valence-corrected chi connectivity index (χ2v) is 7.66. The van der Waals surface area contributed by atoms with E-state index in [9.17, 15) is 47.8 Å². The van der Waals surface area contributed by atoms with E-state index < -0.39 is 45.9 Å². The lowest BCUT2D eigenvalue weighted by molar-refractivity contribution is -0.394. The van der Waals surface area contributed by atoms with E-state index in [0.29, 0.717) is 17.7 Å². The first-order valence-electron chi connectivity index (χ1n) is 11.0. The number of nitro benzene ring substituents is 2. The van der Waals surface area contributed by atoms with E-state index in [1.54, 1.807) is 18.5 Å². The zero-order valence-corrected chi connectivity index (χ0v) is 20.9. The molecule has 0 aliphatic heterocycles. The monoisotopic (exact) mass is 547 g/mol. The molecule has 1 aromatic carbocycles. The van der Waals surface area contributed by atoms with Crippen LogP contribution in [-0.2, 0) is 14.4 Å². The molecule has 0 heterocycles. The lowest BCUT2D eigenvalue weighted by atomic mass is 10.1. The molecule has 1 aromatic rings. The molecule has 38 heavy (non-hydrogen) atoms. The number of carboxylic acid groups (broad SMARTS) is 1. The quantitative estimate of drug-likeness (QED) is 0.212. The van der Waals surface area contributed by atoms with Crippen LogP contribution >= 0.6 is 0 Å². The summed E-state index contributed by atoms with van der Waals surface area (Å²) in [5.41, 5.74) is 0.209. The molecule has 0 spiro atoms. The molecular weight excluding hydrogens is 519 g/mol. The highest BCUT2D eigenvalue weighted by Crippen LogP contribution is 2.23. The Morgan fingerprint density at radius 3 is 2.21 bits per heavy atom. The number of carbonyl (C=O) groups is 3. The van der Waals surface area contributed by atoms with Crippen molar-refractivity contribution in [1.82, 2.24) is 10.6 Å². The normalized spacial score (nSPS) is 13.1. The molecule has 16 heteroatoms. The molecule has 0 aromatic heterocycles. The number of unbranched alkanes of at least 4 members (excludes halogenated alkanes) is 1. The van der Waals surface area contributed by atoms with Gasteiger partial charge in [0.2, 0.25) is 5.91 Å². The number of alkyl halides is 3. The minimum atomic E-state index is -5.17. The molecule has 0 aliphatic carbocycles. The number of aliphatic imine (C=N–C) groups is 1. The van der Waals surface area contributed by atoms with Crippen LogP contribution in [0, 0.1) is 27.2 Å². The van der Waals surface area contributed by atoms with Crippen LogP contribution in [0.5, 0.6) is 0 Å². The molecule has 2 atom stereocenters. The number of hydrogen-bond donors (Lipinski definition) is 3. The van der Waals surface area contributed by atoms with Crippen molar-refractivity contribution in [3.8, 4) is 0 Å². The van der Waals surface area contributed by atoms with Gasteiger partial charge in [0.1, 0.15) is 12.1 Å². The van der Waals surface area contributed by atoms with Gasteiger partial charge in [0.15, 0.2) is 0 Å². The maximum atomic E-state index is 12.4. The number of hydrogen-bond acceptors (Lipinski definition) is 8. The summed E-state index contributed by atoms with van der Waals surface area (Å²) in [6, 6.07) is 0.616. The van der Waals surface area contributed by atoms with Crippen LogP contribution in [0.25, 0.3) is 0 Å². The zero-order valence-electron chi connectivity index (χ0n) is 20.9. The summed E-state index contributed by atoms with van der Waals surface area (Å²) in [6.45, 7) is 6.17. The highest BCUT2D eigenvalue weighted by molar-refractivity contribution is 5.92. The van der Waals surface area contributed by atoms with E-state index >= 15 is 0 Å². The molecule has 210 valence electrons. The van der Waals surface area contributed by atoms with Crippen molar-refractivity contribution in [2.45, 2.75) is 65.2 Å². The second-order valence-electron chi connectivity index (χ2n) is 7.66. The maximum absolute atomic E-state index is 12.4. The molecule has 0 saturated heterocycles. The van der Waals surface area contributed by atoms with Crippen LogP contribution in [0.1, 0.15) is 45.6 Å². The molecular formula is C22H28F3N5O8. The van der Waals surface area contributed by atoms with Gasteiger partial charge in [0.05, 0.1) is 15.9 Å². The number of amides is 2. The van der Waals surface area contributed by atoms with Crippen LogP contribution in [0.2, 0.25) is 0 Å². The molecule has 0 bridgehead atoms. The lowest BCUT2D eigenvalue weighted by Gasteiger charge is -2.20. The van der Waals surface area contributed by atoms with E-state index in [-0.39, 0.29) is 17.8 Å². The predicted molar refractivity (Wildman–Crippen MR) is 129 cm³/mol. The van der Waals surface area contributed by atoms with Crippen molar-refractivity contribution in [1.29, 1.82) is 0 Å². The summed E-state index contributed by atoms with van der Waals surface area (Å²) in [4.78, 5) is 57.4. The van der Waals surface area contributed by atoms with E-state index in [4.69, 9.17) is 5.11 Å². The number of benzene rings is 1. The number of halogens is 3. The third-order valence-corrected chi connectivity index (χ3v) is 4.63. The number of carbonyl (C=O) groups excluding carboxylic acids is 2. The summed E-state index contributed by atoms with van der Waals surface area (Å²) in [6.07, 6.45) is -0.984. The number of carboxylic acids is 1. The molecule has 0 fully saturated rings. The average Bonchev–Trinajstić information content (AvgIpc) is 2.82. The average molecular weight is 547 g/mol. The van der Waals surface area contributed by atoms with Crippen molar-refractivity contribution < 1.29 is 42.5 Å². The van der Waals surface area contributed by atoms with Crippen LogP contribution in [0.4, 0.5) is 24.5 Å². The summed E-state index contributed by atoms with van der Waals surface area (Å²) < 4.78 is 37.3. The van der Waals surface area contributed by atoms with E-state index in [1.165, 1.54) is 25.1 Å². The molecule has 3 N–H and O–H groups in total. The van der Waals surface area contributed by atoms with Gasteiger partial charge in [-0.05, 0) is 33.3 Å². The first-order chi connectivity index (χ1) is 17.5. The first kappa shape index (κ1) is 33.6. The Morgan fingerprint density at radius 2 is 1.76 bits per heavy atom. The van der Waals surface area contributed by atoms with Crippen LogP contribution < -0.4 is 10.6 Å². The highest BCUT2D eigenvalue weighted by atomic mass is 19.4. The smallest absolute Gasteiger partial charge is 0.471 e.